The first kappa shape index (κ1) is 19.4. The first-order valence-corrected chi connectivity index (χ1v) is 8.47. The molecule has 0 aliphatic rings. The van der Waals surface area contributed by atoms with Crippen LogP contribution in [-0.4, -0.2) is 41.8 Å². The Labute approximate surface area is 153 Å². The molecule has 1 heterocycles. The van der Waals surface area contributed by atoms with Crippen molar-refractivity contribution in [1.82, 2.24) is 10.4 Å². The molecule has 0 spiro atoms. The van der Waals surface area contributed by atoms with Gasteiger partial charge in [0.15, 0.2) is 0 Å². The number of benzene rings is 1. The van der Waals surface area contributed by atoms with E-state index in [-0.39, 0.29) is 18.7 Å². The lowest BCUT2D eigenvalue weighted by Crippen LogP contribution is -2.34. The normalized spacial score (nSPS) is 10.2. The third kappa shape index (κ3) is 5.87. The van der Waals surface area contributed by atoms with Gasteiger partial charge in [-0.3, -0.25) is 14.4 Å². The summed E-state index contributed by atoms with van der Waals surface area (Å²) in [5, 5.41) is 14.0. The molecule has 0 aliphatic carbocycles. The smallest absolute Gasteiger partial charge is 0.407 e. The number of ether oxygens (including phenoxy) is 1. The van der Waals surface area contributed by atoms with Crippen LogP contribution < -0.4 is 5.32 Å². The number of hydroxylamine groups is 2. The van der Waals surface area contributed by atoms with Gasteiger partial charge in [-0.15, -0.1) is 11.3 Å². The molecule has 2 aromatic rings. The SMILES string of the molecule is CON(CC(=O)O)C(=O)c1ccc(CNC(=O)OCc2cccs2)cc1. The van der Waals surface area contributed by atoms with E-state index in [9.17, 15) is 14.4 Å². The van der Waals surface area contributed by atoms with Gasteiger partial charge in [0, 0.05) is 17.0 Å². The summed E-state index contributed by atoms with van der Waals surface area (Å²) in [6, 6.07) is 10.1. The van der Waals surface area contributed by atoms with Gasteiger partial charge in [-0.05, 0) is 29.1 Å². The molecule has 0 radical (unpaired) electrons. The predicted molar refractivity (Wildman–Crippen MR) is 93.5 cm³/mol. The molecule has 0 saturated heterocycles. The van der Waals surface area contributed by atoms with Crippen molar-refractivity contribution < 1.29 is 29.1 Å². The Morgan fingerprint density at radius 3 is 2.50 bits per heavy atom. The van der Waals surface area contributed by atoms with Gasteiger partial charge in [0.2, 0.25) is 0 Å². The Morgan fingerprint density at radius 2 is 1.92 bits per heavy atom. The lowest BCUT2D eigenvalue weighted by Gasteiger charge is -2.17. The zero-order valence-electron chi connectivity index (χ0n) is 14.0. The zero-order chi connectivity index (χ0) is 18.9. The molecule has 0 bridgehead atoms. The number of carbonyl (C=O) groups is 3. The van der Waals surface area contributed by atoms with Gasteiger partial charge in [0.1, 0.15) is 13.2 Å². The molecule has 0 aliphatic heterocycles. The molecule has 2 rings (SSSR count). The van der Waals surface area contributed by atoms with Crippen LogP contribution in [0.4, 0.5) is 4.79 Å². The highest BCUT2D eigenvalue weighted by Crippen LogP contribution is 2.10. The molecule has 2 N–H and O–H groups in total. The Morgan fingerprint density at radius 1 is 1.19 bits per heavy atom. The minimum Gasteiger partial charge on any atom is -0.480 e. The first-order chi connectivity index (χ1) is 12.5. The third-order valence-electron chi connectivity index (χ3n) is 3.29. The van der Waals surface area contributed by atoms with Gasteiger partial charge in [0.05, 0.1) is 7.11 Å². The van der Waals surface area contributed by atoms with Crippen molar-refractivity contribution in [2.45, 2.75) is 13.2 Å². The second-order valence-corrected chi connectivity index (χ2v) is 6.16. The highest BCUT2D eigenvalue weighted by atomic mass is 32.1. The van der Waals surface area contributed by atoms with Crippen LogP contribution in [-0.2, 0) is 27.5 Å². The standard InChI is InChI=1S/C17H18N2O6S/c1-24-19(10-15(20)21)16(22)13-6-4-12(5-7-13)9-18-17(23)25-11-14-3-2-8-26-14/h2-8H,9-11H2,1H3,(H,18,23)(H,20,21). The first-order valence-electron chi connectivity index (χ1n) is 7.59. The maximum absolute atomic E-state index is 12.1. The van der Waals surface area contributed by atoms with E-state index in [2.05, 4.69) is 5.32 Å². The fraction of sp³-hybridized carbons (Fsp3) is 0.235. The minimum absolute atomic E-state index is 0.216. The van der Waals surface area contributed by atoms with E-state index in [1.165, 1.54) is 30.6 Å². The fourth-order valence-corrected chi connectivity index (χ4v) is 2.62. The largest absolute Gasteiger partial charge is 0.480 e. The molecule has 138 valence electrons. The molecule has 0 saturated carbocycles. The Bertz CT molecular complexity index is 745. The van der Waals surface area contributed by atoms with E-state index < -0.39 is 24.5 Å². The van der Waals surface area contributed by atoms with Crippen LogP contribution in [0.15, 0.2) is 41.8 Å². The summed E-state index contributed by atoms with van der Waals surface area (Å²) in [4.78, 5) is 40.2. The van der Waals surface area contributed by atoms with E-state index in [4.69, 9.17) is 14.7 Å². The summed E-state index contributed by atoms with van der Waals surface area (Å²) in [5.41, 5.74) is 1.04. The second kappa shape index (κ2) is 9.54. The molecular formula is C17H18N2O6S. The number of carboxylic acid groups (broad SMARTS) is 1. The van der Waals surface area contributed by atoms with Gasteiger partial charge in [-0.25, -0.2) is 9.86 Å². The van der Waals surface area contributed by atoms with Crippen molar-refractivity contribution in [3.8, 4) is 0 Å². The van der Waals surface area contributed by atoms with Crippen molar-refractivity contribution in [1.29, 1.82) is 0 Å². The van der Waals surface area contributed by atoms with Gasteiger partial charge in [0.25, 0.3) is 5.91 Å². The number of carboxylic acids is 1. The van der Waals surface area contributed by atoms with Crippen LogP contribution >= 0.6 is 11.3 Å². The topological polar surface area (TPSA) is 105 Å². The number of amides is 2. The van der Waals surface area contributed by atoms with Crippen LogP contribution in [0.2, 0.25) is 0 Å². The molecule has 1 aromatic heterocycles. The average molecular weight is 378 g/mol. The van der Waals surface area contributed by atoms with Gasteiger partial charge < -0.3 is 15.2 Å². The molecule has 9 heteroatoms. The minimum atomic E-state index is -1.18. The molecule has 8 nitrogen and oxygen atoms in total. The maximum atomic E-state index is 12.1. The summed E-state index contributed by atoms with van der Waals surface area (Å²) in [6.45, 7) is -0.108. The fourth-order valence-electron chi connectivity index (χ4n) is 2.01. The van der Waals surface area contributed by atoms with E-state index >= 15 is 0 Å². The van der Waals surface area contributed by atoms with Crippen molar-refractivity contribution >= 4 is 29.3 Å². The monoisotopic (exact) mass is 378 g/mol. The van der Waals surface area contributed by atoms with Crippen LogP contribution in [0.5, 0.6) is 0 Å². The number of rotatable bonds is 8. The zero-order valence-corrected chi connectivity index (χ0v) is 14.8. The number of hydrogen-bond donors (Lipinski definition) is 2. The summed E-state index contributed by atoms with van der Waals surface area (Å²) < 4.78 is 5.08. The average Bonchev–Trinajstić information content (AvgIpc) is 3.16. The molecule has 1 aromatic carbocycles. The van der Waals surface area contributed by atoms with Crippen molar-refractivity contribution in [3.63, 3.8) is 0 Å². The van der Waals surface area contributed by atoms with E-state index in [1.54, 1.807) is 12.1 Å². The molecular weight excluding hydrogens is 360 g/mol. The number of thiophene rings is 1. The van der Waals surface area contributed by atoms with E-state index in [0.717, 1.165) is 15.5 Å². The molecule has 0 atom stereocenters. The summed E-state index contributed by atoms with van der Waals surface area (Å²) in [5.74, 6) is -1.74. The highest BCUT2D eigenvalue weighted by molar-refractivity contribution is 7.09. The number of carbonyl (C=O) groups excluding carboxylic acids is 2. The summed E-state index contributed by atoms with van der Waals surface area (Å²) in [7, 11) is 1.22. The summed E-state index contributed by atoms with van der Waals surface area (Å²) >= 11 is 1.50. The number of nitrogens with zero attached hydrogens (tertiary/aromatic N) is 1. The Balaban J connectivity index is 1.83. The quantitative estimate of drug-likeness (QED) is 0.683. The third-order valence-corrected chi connectivity index (χ3v) is 4.14. The number of alkyl carbamates (subject to hydrolysis) is 1. The number of aliphatic carboxylic acids is 1. The number of nitrogens with one attached hydrogen (secondary N) is 1. The maximum Gasteiger partial charge on any atom is 0.407 e. The van der Waals surface area contributed by atoms with Crippen LogP contribution in [0, 0.1) is 0 Å². The van der Waals surface area contributed by atoms with Crippen molar-refractivity contribution in [2.75, 3.05) is 13.7 Å². The van der Waals surface area contributed by atoms with Crippen molar-refractivity contribution in [2.24, 2.45) is 0 Å². The molecule has 2 amide bonds. The van der Waals surface area contributed by atoms with Crippen LogP contribution in [0.1, 0.15) is 20.8 Å². The van der Waals surface area contributed by atoms with Crippen molar-refractivity contribution in [3.05, 3.63) is 57.8 Å². The molecule has 26 heavy (non-hydrogen) atoms. The van der Waals surface area contributed by atoms with Gasteiger partial charge >= 0.3 is 12.1 Å². The van der Waals surface area contributed by atoms with Crippen LogP contribution in [0.25, 0.3) is 0 Å². The lowest BCUT2D eigenvalue weighted by atomic mass is 10.1. The number of hydrogen-bond acceptors (Lipinski definition) is 6. The second-order valence-electron chi connectivity index (χ2n) is 5.12. The predicted octanol–water partition coefficient (Wildman–Crippen LogP) is 2.26. The Hall–Kier alpha value is -2.91. The lowest BCUT2D eigenvalue weighted by molar-refractivity contribution is -0.151. The Kier molecular flexibility index (Phi) is 7.12. The summed E-state index contributed by atoms with van der Waals surface area (Å²) in [6.07, 6.45) is -0.537. The molecule has 0 unspecified atom stereocenters. The van der Waals surface area contributed by atoms with E-state index in [0.29, 0.717) is 0 Å². The van der Waals surface area contributed by atoms with E-state index in [1.807, 2.05) is 17.5 Å². The van der Waals surface area contributed by atoms with Crippen LogP contribution in [0.3, 0.4) is 0 Å². The molecule has 0 fully saturated rings. The van der Waals surface area contributed by atoms with Gasteiger partial charge in [-0.1, -0.05) is 18.2 Å². The highest BCUT2D eigenvalue weighted by Gasteiger charge is 2.18. The van der Waals surface area contributed by atoms with Gasteiger partial charge in [-0.2, -0.15) is 0 Å².